The Kier molecular flexibility index (Phi) is 4.87. The van der Waals surface area contributed by atoms with Crippen molar-refractivity contribution >= 4 is 34.4 Å². The molecule has 0 saturated heterocycles. The molecule has 2 aliphatic rings. The van der Waals surface area contributed by atoms with E-state index in [1.54, 1.807) is 13.8 Å². The molecule has 2 aromatic rings. The van der Waals surface area contributed by atoms with Crippen molar-refractivity contribution in [3.63, 3.8) is 0 Å². The molecule has 4 rings (SSSR count). The number of hydrogen-bond donors (Lipinski definition) is 0. The topological polar surface area (TPSA) is 74.8 Å². The first kappa shape index (κ1) is 21.9. The summed E-state index contributed by atoms with van der Waals surface area (Å²) < 4.78 is 60.7. The van der Waals surface area contributed by atoms with Crippen LogP contribution in [0.15, 0.2) is 0 Å². The Labute approximate surface area is 179 Å². The van der Waals surface area contributed by atoms with Gasteiger partial charge in [-0.2, -0.15) is 0 Å². The van der Waals surface area contributed by atoms with Crippen molar-refractivity contribution in [3.05, 3.63) is 45.5 Å². The van der Waals surface area contributed by atoms with Gasteiger partial charge in [0, 0.05) is 22.9 Å². The Bertz CT molecular complexity index is 1090. The Morgan fingerprint density at radius 3 is 0.969 bits per heavy atom. The van der Waals surface area contributed by atoms with E-state index < -0.39 is 92.0 Å². The first-order valence-electron chi connectivity index (χ1n) is 10.1. The van der Waals surface area contributed by atoms with Gasteiger partial charge in [0.2, 0.25) is 0 Å². The second kappa shape index (κ2) is 7.11. The van der Waals surface area contributed by atoms with Gasteiger partial charge in [-0.1, -0.05) is 13.8 Å². The van der Waals surface area contributed by atoms with E-state index in [-0.39, 0.29) is 12.8 Å². The van der Waals surface area contributed by atoms with Crippen LogP contribution in [0, 0.1) is 23.3 Å². The third kappa shape index (κ3) is 2.46. The minimum atomic E-state index is -1.76. The second-order valence-electron chi connectivity index (χ2n) is 7.98. The largest absolute Gasteiger partial charge is 0.271 e. The van der Waals surface area contributed by atoms with E-state index in [0.29, 0.717) is 9.80 Å². The van der Waals surface area contributed by atoms with Crippen LogP contribution in [0.3, 0.4) is 0 Å². The van der Waals surface area contributed by atoms with E-state index in [1.807, 2.05) is 0 Å². The maximum Gasteiger partial charge on any atom is 0.264 e. The van der Waals surface area contributed by atoms with Gasteiger partial charge in [-0.15, -0.1) is 0 Å². The molecule has 0 bridgehead atoms. The summed E-state index contributed by atoms with van der Waals surface area (Å²) in [5.74, 6) is -12.0. The number of amides is 4. The van der Waals surface area contributed by atoms with E-state index in [1.165, 1.54) is 13.8 Å². The lowest BCUT2D eigenvalue weighted by atomic mass is 9.83. The monoisotopic (exact) mass is 450 g/mol. The van der Waals surface area contributed by atoms with Crippen molar-refractivity contribution in [3.8, 4) is 0 Å². The summed E-state index contributed by atoms with van der Waals surface area (Å²) in [5, 5.41) is -1.51. The number of benzene rings is 2. The molecule has 0 aromatic heterocycles. The van der Waals surface area contributed by atoms with Gasteiger partial charge in [-0.25, -0.2) is 17.6 Å². The van der Waals surface area contributed by atoms with Gasteiger partial charge >= 0.3 is 0 Å². The molecule has 32 heavy (non-hydrogen) atoms. The van der Waals surface area contributed by atoms with Crippen LogP contribution in [0.4, 0.5) is 17.6 Å². The fourth-order valence-corrected chi connectivity index (χ4v) is 4.26. The highest BCUT2D eigenvalue weighted by atomic mass is 19.2. The van der Waals surface area contributed by atoms with Crippen LogP contribution in [0.5, 0.6) is 0 Å². The first-order chi connectivity index (χ1) is 15.0. The molecule has 4 amide bonds. The lowest BCUT2D eigenvalue weighted by Gasteiger charge is -2.36. The molecular weight excluding hydrogens is 432 g/mol. The number of rotatable bonds is 4. The van der Waals surface area contributed by atoms with Crippen molar-refractivity contribution < 1.29 is 36.7 Å². The number of carbonyl (C=O) groups is 4. The molecule has 6 nitrogen and oxygen atoms in total. The van der Waals surface area contributed by atoms with Gasteiger partial charge in [-0.05, 0) is 26.7 Å². The molecule has 0 radical (unpaired) electrons. The summed E-state index contributed by atoms with van der Waals surface area (Å²) in [6.45, 7) is 6.08. The minimum absolute atomic E-state index is 0.209. The molecule has 168 valence electrons. The smallest absolute Gasteiger partial charge is 0.264 e. The molecule has 2 aromatic carbocycles. The standard InChI is InChI=1S/C22H18F4N2O4/c1-5-7(3)27-19(29)11-9-10-13(17(25)15(11)23)21(31)28(8(4)6-2)22(32)14(10)18(26)16(24)12(9)20(27)30/h7-8H,5-6H2,1-4H3. The Morgan fingerprint density at radius 1 is 0.562 bits per heavy atom. The van der Waals surface area contributed by atoms with Crippen molar-refractivity contribution in [1.29, 1.82) is 0 Å². The minimum Gasteiger partial charge on any atom is -0.271 e. The van der Waals surface area contributed by atoms with Gasteiger partial charge in [0.25, 0.3) is 23.6 Å². The number of imide groups is 2. The predicted molar refractivity (Wildman–Crippen MR) is 104 cm³/mol. The molecule has 2 unspecified atom stereocenters. The second-order valence-corrected chi connectivity index (χ2v) is 7.98. The van der Waals surface area contributed by atoms with Crippen molar-refractivity contribution in [2.24, 2.45) is 0 Å². The highest BCUT2D eigenvalue weighted by Gasteiger charge is 2.48. The van der Waals surface area contributed by atoms with Gasteiger partial charge in [-0.3, -0.25) is 29.0 Å². The van der Waals surface area contributed by atoms with Crippen molar-refractivity contribution in [2.75, 3.05) is 0 Å². The molecule has 2 aliphatic heterocycles. The third-order valence-electron chi connectivity index (χ3n) is 6.31. The molecule has 0 fully saturated rings. The number of halogens is 4. The van der Waals surface area contributed by atoms with E-state index in [0.717, 1.165) is 0 Å². The van der Waals surface area contributed by atoms with E-state index in [2.05, 4.69) is 0 Å². The van der Waals surface area contributed by atoms with Crippen LogP contribution in [0.1, 0.15) is 82.0 Å². The summed E-state index contributed by atoms with van der Waals surface area (Å²) >= 11 is 0. The number of hydrogen-bond acceptors (Lipinski definition) is 4. The molecule has 0 aliphatic carbocycles. The fourth-order valence-electron chi connectivity index (χ4n) is 4.26. The zero-order chi connectivity index (χ0) is 23.8. The Balaban J connectivity index is 2.24. The van der Waals surface area contributed by atoms with Crippen LogP contribution >= 0.6 is 0 Å². The zero-order valence-corrected chi connectivity index (χ0v) is 17.6. The summed E-state index contributed by atoms with van der Waals surface area (Å²) in [6, 6.07) is -1.67. The maximum absolute atomic E-state index is 15.2. The molecule has 0 N–H and O–H groups in total. The Hall–Kier alpha value is -3.30. The summed E-state index contributed by atoms with van der Waals surface area (Å²) in [6.07, 6.45) is 0.419. The van der Waals surface area contributed by atoms with E-state index >= 15 is 17.6 Å². The van der Waals surface area contributed by atoms with Crippen LogP contribution < -0.4 is 0 Å². The van der Waals surface area contributed by atoms with Crippen LogP contribution in [0.25, 0.3) is 10.8 Å². The van der Waals surface area contributed by atoms with Gasteiger partial charge in [0.15, 0.2) is 23.3 Å². The van der Waals surface area contributed by atoms with Crippen molar-refractivity contribution in [2.45, 2.75) is 52.6 Å². The fraction of sp³-hybridized carbons (Fsp3) is 0.364. The van der Waals surface area contributed by atoms with Gasteiger partial charge < -0.3 is 0 Å². The highest BCUT2D eigenvalue weighted by Crippen LogP contribution is 2.44. The van der Waals surface area contributed by atoms with Gasteiger partial charge in [0.05, 0.1) is 22.3 Å². The SMILES string of the molecule is CCC(C)N1C(=O)c2c(F)c(F)c3c4c(c(F)c(F)c(c24)C1=O)C(=O)N(C(C)CC)C3=O. The lowest BCUT2D eigenvalue weighted by molar-refractivity contribution is 0.0513. The quantitative estimate of drug-likeness (QED) is 0.517. The molecule has 0 spiro atoms. The average Bonchev–Trinajstić information content (AvgIpc) is 2.75. The lowest BCUT2D eigenvalue weighted by Crippen LogP contribution is -2.49. The molecule has 0 saturated carbocycles. The zero-order valence-electron chi connectivity index (χ0n) is 17.6. The molecular formula is C22H18F4N2O4. The number of carbonyl (C=O) groups excluding carboxylic acids is 4. The van der Waals surface area contributed by atoms with Crippen LogP contribution in [-0.4, -0.2) is 45.5 Å². The highest BCUT2D eigenvalue weighted by molar-refractivity contribution is 6.33. The normalized spacial score (nSPS) is 17.5. The van der Waals surface area contributed by atoms with E-state index in [4.69, 9.17) is 0 Å². The number of nitrogens with zero attached hydrogens (tertiary/aromatic N) is 2. The molecule has 2 heterocycles. The summed E-state index contributed by atoms with van der Waals surface area (Å²) in [5.41, 5.74) is -4.02. The van der Waals surface area contributed by atoms with Crippen LogP contribution in [-0.2, 0) is 0 Å². The molecule has 2 atom stereocenters. The molecule has 10 heteroatoms. The summed E-state index contributed by atoms with van der Waals surface area (Å²) in [4.78, 5) is 53.0. The summed E-state index contributed by atoms with van der Waals surface area (Å²) in [7, 11) is 0. The first-order valence-corrected chi connectivity index (χ1v) is 10.1. The third-order valence-corrected chi connectivity index (χ3v) is 6.31. The Morgan fingerprint density at radius 2 is 0.781 bits per heavy atom. The predicted octanol–water partition coefficient (Wildman–Crippen LogP) is 4.19. The van der Waals surface area contributed by atoms with Gasteiger partial charge in [0.1, 0.15) is 0 Å². The van der Waals surface area contributed by atoms with Crippen LogP contribution in [0.2, 0.25) is 0 Å². The van der Waals surface area contributed by atoms with E-state index in [9.17, 15) is 19.2 Å². The average molecular weight is 450 g/mol. The van der Waals surface area contributed by atoms with Crippen molar-refractivity contribution in [1.82, 2.24) is 9.80 Å². The maximum atomic E-state index is 15.2.